The van der Waals surface area contributed by atoms with Gasteiger partial charge in [-0.05, 0) is 40.3 Å². The number of thiazole rings is 1. The van der Waals surface area contributed by atoms with Crippen molar-refractivity contribution in [2.45, 2.75) is 5.33 Å². The Morgan fingerprint density at radius 3 is 2.95 bits per heavy atom. The van der Waals surface area contributed by atoms with Crippen molar-refractivity contribution in [2.75, 3.05) is 11.2 Å². The number of anilines is 2. The lowest BCUT2D eigenvalue weighted by molar-refractivity contribution is 0.616. The molecule has 2 rings (SSSR count). The summed E-state index contributed by atoms with van der Waals surface area (Å²) in [5.74, 6) is 0.202. The molecule has 0 atom stereocenters. The quantitative estimate of drug-likeness (QED) is 0.319. The molecular weight excluding hydrogens is 446 g/mol. The van der Waals surface area contributed by atoms with Gasteiger partial charge in [-0.1, -0.05) is 15.9 Å². The zero-order valence-corrected chi connectivity index (χ0v) is 14.1. The number of benzene rings is 1. The van der Waals surface area contributed by atoms with Gasteiger partial charge in [-0.15, -0.1) is 11.3 Å². The lowest BCUT2D eigenvalue weighted by atomic mass is 10.1. The molecular formula is C11H9BrFIN4S. The van der Waals surface area contributed by atoms with Crippen LogP contribution in [-0.4, -0.2) is 11.2 Å². The Morgan fingerprint density at radius 2 is 2.37 bits per heavy atom. The first kappa shape index (κ1) is 14.7. The van der Waals surface area contributed by atoms with Crippen LogP contribution >= 0.6 is 49.9 Å². The Balaban J connectivity index is 2.11. The first-order chi connectivity index (χ1) is 9.10. The number of nitrogen functional groups attached to an aromatic ring is 1. The molecule has 3 N–H and O–H groups in total. The fraction of sp³-hybridized carbons (Fsp3) is 0.0909. The first-order valence-corrected chi connectivity index (χ1v) is 8.22. The van der Waals surface area contributed by atoms with Crippen molar-refractivity contribution in [1.29, 1.82) is 0 Å². The number of aromatic nitrogens is 1. The van der Waals surface area contributed by atoms with Gasteiger partial charge in [0, 0.05) is 19.8 Å². The van der Waals surface area contributed by atoms with E-state index < -0.39 is 0 Å². The summed E-state index contributed by atoms with van der Waals surface area (Å²) in [6.07, 6.45) is 1.54. The molecule has 4 nitrogen and oxygen atoms in total. The monoisotopic (exact) mass is 454 g/mol. The van der Waals surface area contributed by atoms with Crippen LogP contribution < -0.4 is 11.2 Å². The maximum Gasteiger partial charge on any atom is 0.205 e. The van der Waals surface area contributed by atoms with Crippen LogP contribution in [0.1, 0.15) is 11.1 Å². The Morgan fingerprint density at radius 1 is 1.58 bits per heavy atom. The van der Waals surface area contributed by atoms with Crippen molar-refractivity contribution in [3.05, 3.63) is 38.0 Å². The standard InChI is InChI=1S/C11H9BrFIN4S/c12-3-7-8(13)1-6(2-9(7)14)4-16-18-11-17-10(15)5-19-11/h1-2,4-5H,3,15H2,(H,17,18). The van der Waals surface area contributed by atoms with Crippen LogP contribution in [-0.2, 0) is 5.33 Å². The Bertz CT molecular complexity index is 593. The summed E-state index contributed by atoms with van der Waals surface area (Å²) in [5, 5.41) is 6.80. The largest absolute Gasteiger partial charge is 0.383 e. The second kappa shape index (κ2) is 6.62. The minimum atomic E-state index is -0.247. The highest BCUT2D eigenvalue weighted by Gasteiger charge is 2.07. The molecule has 1 aromatic carbocycles. The molecule has 8 heteroatoms. The number of nitrogens with two attached hydrogens (primary N) is 1. The molecule has 1 heterocycles. The summed E-state index contributed by atoms with van der Waals surface area (Å²) < 4.78 is 14.6. The number of rotatable bonds is 4. The third kappa shape index (κ3) is 3.86. The minimum Gasteiger partial charge on any atom is -0.383 e. The smallest absolute Gasteiger partial charge is 0.205 e. The zero-order chi connectivity index (χ0) is 13.8. The van der Waals surface area contributed by atoms with E-state index in [1.807, 2.05) is 6.07 Å². The van der Waals surface area contributed by atoms with Gasteiger partial charge in [-0.3, -0.25) is 5.43 Å². The van der Waals surface area contributed by atoms with E-state index in [0.29, 0.717) is 27.4 Å². The van der Waals surface area contributed by atoms with Gasteiger partial charge in [0.1, 0.15) is 11.6 Å². The van der Waals surface area contributed by atoms with Gasteiger partial charge in [-0.25, -0.2) is 9.37 Å². The molecule has 0 aliphatic rings. The third-order valence-electron chi connectivity index (χ3n) is 2.19. The van der Waals surface area contributed by atoms with Crippen LogP contribution in [0.2, 0.25) is 0 Å². The van der Waals surface area contributed by atoms with Crippen molar-refractivity contribution in [2.24, 2.45) is 5.10 Å². The van der Waals surface area contributed by atoms with Crippen molar-refractivity contribution < 1.29 is 4.39 Å². The molecule has 0 fully saturated rings. The number of hydrazone groups is 1. The molecule has 0 spiro atoms. The molecule has 1 aromatic heterocycles. The predicted molar refractivity (Wildman–Crippen MR) is 89.5 cm³/mol. The van der Waals surface area contributed by atoms with Crippen molar-refractivity contribution in [3.63, 3.8) is 0 Å². The predicted octanol–water partition coefficient (Wildman–Crippen LogP) is 3.81. The van der Waals surface area contributed by atoms with Gasteiger partial charge in [0.2, 0.25) is 5.13 Å². The Hall–Kier alpha value is -0.740. The molecule has 0 unspecified atom stereocenters. The Kier molecular flexibility index (Phi) is 5.11. The third-order valence-corrected chi connectivity index (χ3v) is 4.48. The average molecular weight is 455 g/mol. The summed E-state index contributed by atoms with van der Waals surface area (Å²) in [6, 6.07) is 3.31. The maximum absolute atomic E-state index is 13.7. The van der Waals surface area contributed by atoms with Gasteiger partial charge >= 0.3 is 0 Å². The second-order valence-corrected chi connectivity index (χ2v) is 6.13. The fourth-order valence-electron chi connectivity index (χ4n) is 1.32. The molecule has 2 aromatic rings. The summed E-state index contributed by atoms with van der Waals surface area (Å²) in [7, 11) is 0. The molecule has 0 radical (unpaired) electrons. The number of halogens is 3. The number of nitrogens with one attached hydrogen (secondary N) is 1. The first-order valence-electron chi connectivity index (χ1n) is 5.14. The van der Waals surface area contributed by atoms with Crippen LogP contribution in [0.5, 0.6) is 0 Å². The number of alkyl halides is 1. The van der Waals surface area contributed by atoms with Crippen molar-refractivity contribution in [3.8, 4) is 0 Å². The fourth-order valence-corrected chi connectivity index (χ4v) is 3.77. The highest BCUT2D eigenvalue weighted by atomic mass is 127. The summed E-state index contributed by atoms with van der Waals surface area (Å²) in [4.78, 5) is 3.99. The number of hydrogen-bond donors (Lipinski definition) is 2. The van der Waals surface area contributed by atoms with Gasteiger partial charge in [-0.2, -0.15) is 5.10 Å². The Labute approximate surface area is 135 Å². The number of hydrogen-bond acceptors (Lipinski definition) is 5. The van der Waals surface area contributed by atoms with E-state index in [1.54, 1.807) is 11.6 Å². The van der Waals surface area contributed by atoms with Crippen LogP contribution in [0.3, 0.4) is 0 Å². The van der Waals surface area contributed by atoms with E-state index in [2.05, 4.69) is 54.0 Å². The average Bonchev–Trinajstić information content (AvgIpc) is 2.75. The maximum atomic E-state index is 13.7. The van der Waals surface area contributed by atoms with Gasteiger partial charge in [0.05, 0.1) is 6.21 Å². The molecule has 0 aliphatic carbocycles. The van der Waals surface area contributed by atoms with Crippen LogP contribution in [0.4, 0.5) is 15.3 Å². The highest BCUT2D eigenvalue weighted by molar-refractivity contribution is 14.1. The lowest BCUT2D eigenvalue weighted by Crippen LogP contribution is -1.96. The van der Waals surface area contributed by atoms with E-state index in [9.17, 15) is 4.39 Å². The molecule has 0 saturated carbocycles. The summed E-state index contributed by atoms with van der Waals surface area (Å²) >= 11 is 6.71. The van der Waals surface area contributed by atoms with E-state index in [-0.39, 0.29) is 5.82 Å². The molecule has 19 heavy (non-hydrogen) atoms. The van der Waals surface area contributed by atoms with E-state index in [0.717, 1.165) is 3.57 Å². The topological polar surface area (TPSA) is 63.3 Å². The van der Waals surface area contributed by atoms with Crippen molar-refractivity contribution >= 4 is 67.0 Å². The van der Waals surface area contributed by atoms with E-state index in [4.69, 9.17) is 5.73 Å². The van der Waals surface area contributed by atoms with E-state index in [1.165, 1.54) is 17.4 Å². The van der Waals surface area contributed by atoms with Gasteiger partial charge in [0.15, 0.2) is 0 Å². The highest BCUT2D eigenvalue weighted by Crippen LogP contribution is 2.21. The van der Waals surface area contributed by atoms with Gasteiger partial charge in [0.25, 0.3) is 0 Å². The van der Waals surface area contributed by atoms with Crippen molar-refractivity contribution in [1.82, 2.24) is 4.98 Å². The van der Waals surface area contributed by atoms with Crippen LogP contribution in [0, 0.1) is 9.39 Å². The second-order valence-electron chi connectivity index (χ2n) is 3.54. The zero-order valence-electron chi connectivity index (χ0n) is 9.53. The molecule has 100 valence electrons. The lowest BCUT2D eigenvalue weighted by Gasteiger charge is -2.03. The molecule has 0 bridgehead atoms. The molecule has 0 amide bonds. The summed E-state index contributed by atoms with van der Waals surface area (Å²) in [5.41, 5.74) is 9.56. The van der Waals surface area contributed by atoms with Crippen LogP contribution in [0.15, 0.2) is 22.6 Å². The van der Waals surface area contributed by atoms with Crippen LogP contribution in [0.25, 0.3) is 0 Å². The SMILES string of the molecule is Nc1csc(NN=Cc2cc(F)c(CBr)c(I)c2)n1. The van der Waals surface area contributed by atoms with E-state index >= 15 is 0 Å². The minimum absolute atomic E-state index is 0.247. The number of nitrogens with zero attached hydrogens (tertiary/aromatic N) is 2. The summed E-state index contributed by atoms with van der Waals surface area (Å²) in [6.45, 7) is 0. The normalized spacial score (nSPS) is 11.1. The molecule has 0 aliphatic heterocycles. The molecule has 0 saturated heterocycles. The van der Waals surface area contributed by atoms with Gasteiger partial charge < -0.3 is 5.73 Å².